The minimum atomic E-state index is -0.478. The lowest BCUT2D eigenvalue weighted by Crippen LogP contribution is -2.33. The fourth-order valence-electron chi connectivity index (χ4n) is 0.678. The molecule has 4 heteroatoms. The molecular weight excluding hydrogens is 166 g/mol. The van der Waals surface area contributed by atoms with Gasteiger partial charge in [-0.15, -0.1) is 0 Å². The molecule has 0 saturated heterocycles. The van der Waals surface area contributed by atoms with Crippen LogP contribution >= 0.6 is 0 Å². The molecule has 0 heterocycles. The zero-order valence-corrected chi connectivity index (χ0v) is 8.32. The Hall–Kier alpha value is -1.29. The van der Waals surface area contributed by atoms with E-state index in [1.807, 2.05) is 20.8 Å². The molecular formula is C9H17N3O. The second-order valence-corrected chi connectivity index (χ2v) is 2.99. The van der Waals surface area contributed by atoms with Crippen LogP contribution in [0.3, 0.4) is 0 Å². The summed E-state index contributed by atoms with van der Waals surface area (Å²) >= 11 is 0. The molecule has 13 heavy (non-hydrogen) atoms. The van der Waals surface area contributed by atoms with Crippen molar-refractivity contribution in [2.45, 2.75) is 26.8 Å². The van der Waals surface area contributed by atoms with E-state index in [1.165, 1.54) is 11.2 Å². The fraction of sp³-hybridized carbons (Fsp3) is 0.444. The zero-order valence-electron chi connectivity index (χ0n) is 8.32. The highest BCUT2D eigenvalue weighted by Gasteiger charge is 2.04. The molecule has 4 N–H and O–H groups in total. The predicted octanol–water partition coefficient (Wildman–Crippen LogP) is 0.516. The molecule has 74 valence electrons. The molecule has 0 aliphatic heterocycles. The maximum absolute atomic E-state index is 10.9. The Morgan fingerprint density at radius 3 is 2.31 bits per heavy atom. The second-order valence-electron chi connectivity index (χ2n) is 2.99. The number of nitrogens with zero attached hydrogens (tertiary/aromatic N) is 1. The number of hydrogen-bond donors (Lipinski definition) is 2. The first kappa shape index (κ1) is 11.7. The first-order valence-corrected chi connectivity index (χ1v) is 4.16. The molecule has 0 aromatic heterocycles. The van der Waals surface area contributed by atoms with Gasteiger partial charge in [-0.3, -0.25) is 4.79 Å². The quantitative estimate of drug-likeness (QED) is 0.289. The Morgan fingerprint density at radius 2 is 2.00 bits per heavy atom. The van der Waals surface area contributed by atoms with Gasteiger partial charge in [0.15, 0.2) is 0 Å². The lowest BCUT2D eigenvalue weighted by atomic mass is 10.2. The van der Waals surface area contributed by atoms with Gasteiger partial charge >= 0.3 is 0 Å². The first-order valence-electron chi connectivity index (χ1n) is 4.16. The Balaban J connectivity index is 4.62. The Morgan fingerprint density at radius 1 is 1.46 bits per heavy atom. The van der Waals surface area contributed by atoms with Crippen LogP contribution in [0.5, 0.6) is 0 Å². The maximum atomic E-state index is 10.9. The van der Waals surface area contributed by atoms with E-state index in [2.05, 4.69) is 0 Å². The van der Waals surface area contributed by atoms with Gasteiger partial charge in [-0.05, 0) is 20.8 Å². The number of allylic oxidation sites excluding steroid dienone is 1. The molecule has 4 nitrogen and oxygen atoms in total. The van der Waals surface area contributed by atoms with E-state index in [0.717, 1.165) is 0 Å². The van der Waals surface area contributed by atoms with Gasteiger partial charge < -0.3 is 10.7 Å². The molecule has 0 aliphatic rings. The van der Waals surface area contributed by atoms with Crippen LogP contribution in [0.1, 0.15) is 20.8 Å². The highest BCUT2D eigenvalue weighted by molar-refractivity contribution is 5.94. The molecule has 0 aromatic rings. The number of hydrazine groups is 1. The van der Waals surface area contributed by atoms with Gasteiger partial charge in [-0.25, -0.2) is 5.84 Å². The number of carbonyl (C=O) groups is 1. The summed E-state index contributed by atoms with van der Waals surface area (Å²) in [7, 11) is 0. The van der Waals surface area contributed by atoms with Crippen LogP contribution in [0.15, 0.2) is 23.9 Å². The van der Waals surface area contributed by atoms with Crippen LogP contribution in [-0.4, -0.2) is 17.0 Å². The molecule has 0 radical (unpaired) electrons. The van der Waals surface area contributed by atoms with Crippen LogP contribution in [0.2, 0.25) is 0 Å². The average molecular weight is 183 g/mol. The van der Waals surface area contributed by atoms with Gasteiger partial charge in [0.1, 0.15) is 0 Å². The second kappa shape index (κ2) is 5.37. The molecule has 0 bridgehead atoms. The molecule has 0 rings (SSSR count). The van der Waals surface area contributed by atoms with Crippen LogP contribution in [0, 0.1) is 0 Å². The van der Waals surface area contributed by atoms with Crippen molar-refractivity contribution in [1.29, 1.82) is 0 Å². The molecule has 0 aliphatic carbocycles. The van der Waals surface area contributed by atoms with Crippen molar-refractivity contribution >= 4 is 5.91 Å². The largest absolute Gasteiger partial charge is 0.366 e. The summed E-state index contributed by atoms with van der Waals surface area (Å²) in [6, 6.07) is 0.139. The monoisotopic (exact) mass is 183 g/mol. The Bertz CT molecular complexity index is 231. The number of carbonyl (C=O) groups excluding carboxylic acids is 1. The fourth-order valence-corrected chi connectivity index (χ4v) is 0.678. The van der Waals surface area contributed by atoms with Gasteiger partial charge in [-0.2, -0.15) is 0 Å². The zero-order chi connectivity index (χ0) is 10.4. The number of primary amides is 1. The Labute approximate surface area is 78.9 Å². The molecule has 0 aromatic carbocycles. The van der Waals surface area contributed by atoms with E-state index in [9.17, 15) is 4.79 Å². The highest BCUT2D eigenvalue weighted by atomic mass is 16.1. The van der Waals surface area contributed by atoms with E-state index < -0.39 is 5.91 Å². The van der Waals surface area contributed by atoms with E-state index in [-0.39, 0.29) is 6.04 Å². The van der Waals surface area contributed by atoms with Crippen molar-refractivity contribution < 1.29 is 4.79 Å². The smallest absolute Gasteiger partial charge is 0.250 e. The van der Waals surface area contributed by atoms with Crippen molar-refractivity contribution in [3.63, 3.8) is 0 Å². The predicted molar refractivity (Wildman–Crippen MR) is 53.3 cm³/mol. The van der Waals surface area contributed by atoms with Crippen molar-refractivity contribution in [3.8, 4) is 0 Å². The third kappa shape index (κ3) is 4.32. The number of hydrogen-bond acceptors (Lipinski definition) is 3. The lowest BCUT2D eigenvalue weighted by Gasteiger charge is -2.18. The number of amides is 1. The molecule has 0 saturated carbocycles. The van der Waals surface area contributed by atoms with Crippen LogP contribution < -0.4 is 11.6 Å². The van der Waals surface area contributed by atoms with Gasteiger partial charge in [0.25, 0.3) is 0 Å². The maximum Gasteiger partial charge on any atom is 0.250 e. The summed E-state index contributed by atoms with van der Waals surface area (Å²) in [6.45, 7) is 5.66. The van der Waals surface area contributed by atoms with E-state index in [1.54, 1.807) is 12.2 Å². The Kier molecular flexibility index (Phi) is 4.84. The minimum absolute atomic E-state index is 0.139. The number of rotatable bonds is 4. The summed E-state index contributed by atoms with van der Waals surface area (Å²) < 4.78 is 0. The molecule has 0 spiro atoms. The summed E-state index contributed by atoms with van der Waals surface area (Å²) in [5, 5.41) is 1.44. The highest BCUT2D eigenvalue weighted by Crippen LogP contribution is 2.00. The van der Waals surface area contributed by atoms with Gasteiger partial charge in [0.2, 0.25) is 5.91 Å². The molecule has 0 unspecified atom stereocenters. The van der Waals surface area contributed by atoms with Gasteiger partial charge in [0, 0.05) is 12.2 Å². The molecule has 0 fully saturated rings. The third-order valence-corrected chi connectivity index (χ3v) is 1.52. The van der Waals surface area contributed by atoms with Gasteiger partial charge in [0.05, 0.1) is 5.57 Å². The van der Waals surface area contributed by atoms with Gasteiger partial charge in [-0.1, -0.05) is 12.2 Å². The van der Waals surface area contributed by atoms with Crippen LogP contribution in [0.4, 0.5) is 0 Å². The van der Waals surface area contributed by atoms with Crippen LogP contribution in [0.25, 0.3) is 0 Å². The molecule has 0 atom stereocenters. The van der Waals surface area contributed by atoms with E-state index in [4.69, 9.17) is 11.6 Å². The van der Waals surface area contributed by atoms with E-state index >= 15 is 0 Å². The van der Waals surface area contributed by atoms with Crippen molar-refractivity contribution in [3.05, 3.63) is 23.9 Å². The van der Waals surface area contributed by atoms with Crippen LogP contribution in [-0.2, 0) is 4.79 Å². The summed E-state index contributed by atoms with van der Waals surface area (Å²) in [5.74, 6) is 5.12. The SMILES string of the molecule is C/C=C\C(=C/N(N)C(C)C)C(N)=O. The minimum Gasteiger partial charge on any atom is -0.366 e. The number of nitrogens with two attached hydrogens (primary N) is 2. The third-order valence-electron chi connectivity index (χ3n) is 1.52. The summed E-state index contributed by atoms with van der Waals surface area (Å²) in [4.78, 5) is 10.9. The topological polar surface area (TPSA) is 72.3 Å². The molecule has 1 amide bonds. The lowest BCUT2D eigenvalue weighted by molar-refractivity contribution is -0.114. The summed E-state index contributed by atoms with van der Waals surface area (Å²) in [5.41, 5.74) is 5.53. The van der Waals surface area contributed by atoms with Crippen molar-refractivity contribution in [1.82, 2.24) is 5.01 Å². The standard InChI is InChI=1S/C9H17N3O/c1-4-5-8(9(10)13)6-12(11)7(2)3/h4-7H,11H2,1-3H3,(H2,10,13)/b5-4-,8-6+. The first-order chi connectivity index (χ1) is 5.99. The average Bonchev–Trinajstić information content (AvgIpc) is 2.03. The van der Waals surface area contributed by atoms with Crippen molar-refractivity contribution in [2.24, 2.45) is 11.6 Å². The normalized spacial score (nSPS) is 12.5. The van der Waals surface area contributed by atoms with Crippen molar-refractivity contribution in [2.75, 3.05) is 0 Å². The van der Waals surface area contributed by atoms with E-state index in [0.29, 0.717) is 5.57 Å². The summed E-state index contributed by atoms with van der Waals surface area (Å²) in [6.07, 6.45) is 4.91.